The van der Waals surface area contributed by atoms with Crippen LogP contribution in [0.1, 0.15) is 6.92 Å². The molecule has 144 valence electrons. The summed E-state index contributed by atoms with van der Waals surface area (Å²) in [7, 11) is 0. The zero-order chi connectivity index (χ0) is 20.3. The number of nitro groups is 1. The molecule has 0 unspecified atom stereocenters. The van der Waals surface area contributed by atoms with Gasteiger partial charge in [0.2, 0.25) is 11.8 Å². The zero-order valence-corrected chi connectivity index (χ0v) is 14.7. The molecule has 0 fully saturated rings. The van der Waals surface area contributed by atoms with Crippen LogP contribution in [0.4, 0.5) is 23.0 Å². The molecule has 28 heavy (non-hydrogen) atoms. The Labute approximate surface area is 158 Å². The van der Waals surface area contributed by atoms with E-state index in [0.29, 0.717) is 11.4 Å². The van der Waals surface area contributed by atoms with Gasteiger partial charge in [-0.25, -0.2) is 0 Å². The van der Waals surface area contributed by atoms with Gasteiger partial charge in [-0.3, -0.25) is 19.3 Å². The van der Waals surface area contributed by atoms with Crippen LogP contribution in [0.3, 0.4) is 0 Å². The first-order valence-electron chi connectivity index (χ1n) is 8.09. The fraction of sp³-hybridized carbons (Fsp3) is 0.176. The molecule has 2 heterocycles. The highest BCUT2D eigenvalue weighted by Crippen LogP contribution is 2.31. The van der Waals surface area contributed by atoms with E-state index in [4.69, 9.17) is 4.74 Å². The molecular weight excluding hydrogens is 370 g/mol. The number of aromatic nitrogens is 1. The van der Waals surface area contributed by atoms with E-state index < -0.39 is 29.1 Å². The van der Waals surface area contributed by atoms with Crippen molar-refractivity contribution in [2.24, 2.45) is 0 Å². The van der Waals surface area contributed by atoms with Crippen molar-refractivity contribution in [2.45, 2.75) is 6.92 Å². The Morgan fingerprint density at radius 2 is 1.82 bits per heavy atom. The summed E-state index contributed by atoms with van der Waals surface area (Å²) in [4.78, 5) is 50.6. The minimum Gasteiger partial charge on any atom is -0.477 e. The van der Waals surface area contributed by atoms with Crippen LogP contribution in [-0.4, -0.2) is 40.8 Å². The van der Waals surface area contributed by atoms with Gasteiger partial charge in [-0.2, -0.15) is 0 Å². The molecule has 0 aliphatic carbocycles. The number of carbonyl (C=O) groups excluding carboxylic acids is 3. The summed E-state index contributed by atoms with van der Waals surface area (Å²) in [6.45, 7) is 0.688. The van der Waals surface area contributed by atoms with Crippen molar-refractivity contribution in [1.82, 2.24) is 4.98 Å². The number of nitrogens with zero attached hydrogens (tertiary/aromatic N) is 3. The van der Waals surface area contributed by atoms with Crippen molar-refractivity contribution in [1.29, 1.82) is 0 Å². The lowest BCUT2D eigenvalue weighted by Crippen LogP contribution is -2.44. The Hall–Kier alpha value is -4.02. The number of nitrogens with one attached hydrogen (secondary N) is 2. The summed E-state index contributed by atoms with van der Waals surface area (Å²) in [5.74, 6) is -1.66. The Balaban J connectivity index is 1.73. The van der Waals surface area contributed by atoms with Crippen molar-refractivity contribution < 1.29 is 24.0 Å². The first-order valence-corrected chi connectivity index (χ1v) is 8.09. The molecule has 0 spiro atoms. The second kappa shape index (κ2) is 7.70. The van der Waals surface area contributed by atoms with Crippen LogP contribution < -0.4 is 20.3 Å². The number of carbonyl (C=O) groups is 3. The summed E-state index contributed by atoms with van der Waals surface area (Å²) in [5, 5.41) is 16.1. The van der Waals surface area contributed by atoms with E-state index in [1.807, 2.05) is 0 Å². The average molecular weight is 385 g/mol. The number of hydrogen-bond acceptors (Lipinski definition) is 7. The van der Waals surface area contributed by atoms with Crippen LogP contribution in [0.2, 0.25) is 0 Å². The fourth-order valence-electron chi connectivity index (χ4n) is 2.52. The third-order valence-corrected chi connectivity index (χ3v) is 3.71. The normalized spacial score (nSPS) is 12.6. The van der Waals surface area contributed by atoms with Gasteiger partial charge in [0.25, 0.3) is 11.7 Å². The molecule has 2 N–H and O–H groups in total. The number of amides is 3. The SMILES string of the molecule is CC(=O)Nc1ccc(NC(=O)CN2C(=O)COc3ccc([N+](=O)[O-])nc32)cc1. The number of anilines is 3. The number of ether oxygens (including phenoxy) is 1. The predicted octanol–water partition coefficient (Wildman–Crippen LogP) is 1.31. The fourth-order valence-corrected chi connectivity index (χ4v) is 2.52. The van der Waals surface area contributed by atoms with Crippen LogP contribution >= 0.6 is 0 Å². The predicted molar refractivity (Wildman–Crippen MR) is 98.1 cm³/mol. The van der Waals surface area contributed by atoms with E-state index in [1.54, 1.807) is 24.3 Å². The van der Waals surface area contributed by atoms with Gasteiger partial charge in [-0.15, -0.1) is 0 Å². The van der Waals surface area contributed by atoms with E-state index in [0.717, 1.165) is 11.0 Å². The molecule has 1 aromatic carbocycles. The van der Waals surface area contributed by atoms with E-state index in [2.05, 4.69) is 15.6 Å². The number of rotatable bonds is 5. The van der Waals surface area contributed by atoms with Gasteiger partial charge < -0.3 is 25.5 Å². The minimum atomic E-state index is -0.700. The quantitative estimate of drug-likeness (QED) is 0.583. The summed E-state index contributed by atoms with van der Waals surface area (Å²) in [5.41, 5.74) is 1.02. The molecule has 3 rings (SSSR count). The monoisotopic (exact) mass is 385 g/mol. The number of pyridine rings is 1. The summed E-state index contributed by atoms with van der Waals surface area (Å²) in [6.07, 6.45) is 0. The third kappa shape index (κ3) is 4.20. The Kier molecular flexibility index (Phi) is 5.16. The van der Waals surface area contributed by atoms with Crippen molar-refractivity contribution in [3.63, 3.8) is 0 Å². The largest absolute Gasteiger partial charge is 0.477 e. The Bertz CT molecular complexity index is 959. The molecule has 0 radical (unpaired) electrons. The molecule has 1 aliphatic rings. The molecule has 1 aliphatic heterocycles. The van der Waals surface area contributed by atoms with Crippen molar-refractivity contribution in [3.05, 3.63) is 46.5 Å². The van der Waals surface area contributed by atoms with Gasteiger partial charge in [0.15, 0.2) is 12.4 Å². The van der Waals surface area contributed by atoms with E-state index in [1.165, 1.54) is 13.0 Å². The lowest BCUT2D eigenvalue weighted by Gasteiger charge is -2.24. The maximum atomic E-state index is 12.3. The zero-order valence-electron chi connectivity index (χ0n) is 14.7. The van der Waals surface area contributed by atoms with Crippen LogP contribution in [0.5, 0.6) is 5.75 Å². The Morgan fingerprint density at radius 3 is 2.43 bits per heavy atom. The highest BCUT2D eigenvalue weighted by molar-refractivity contribution is 6.04. The summed E-state index contributed by atoms with van der Waals surface area (Å²) < 4.78 is 5.20. The molecule has 3 amide bonds. The molecule has 2 aromatic rings. The lowest BCUT2D eigenvalue weighted by atomic mass is 10.2. The lowest BCUT2D eigenvalue weighted by molar-refractivity contribution is -0.389. The second-order valence-electron chi connectivity index (χ2n) is 5.82. The molecule has 11 nitrogen and oxygen atoms in total. The second-order valence-corrected chi connectivity index (χ2v) is 5.82. The maximum Gasteiger partial charge on any atom is 0.366 e. The van der Waals surface area contributed by atoms with Crippen LogP contribution in [0, 0.1) is 10.1 Å². The highest BCUT2D eigenvalue weighted by Gasteiger charge is 2.33. The molecule has 11 heteroatoms. The van der Waals surface area contributed by atoms with Gasteiger partial charge >= 0.3 is 5.82 Å². The molecule has 0 bridgehead atoms. The van der Waals surface area contributed by atoms with Gasteiger partial charge in [-0.1, -0.05) is 0 Å². The molecule has 0 saturated heterocycles. The van der Waals surface area contributed by atoms with Crippen LogP contribution in [0.15, 0.2) is 36.4 Å². The summed E-state index contributed by atoms with van der Waals surface area (Å²) in [6, 6.07) is 8.87. The summed E-state index contributed by atoms with van der Waals surface area (Å²) >= 11 is 0. The number of fused-ring (bicyclic) bond motifs is 1. The molecule has 1 aromatic heterocycles. The maximum absolute atomic E-state index is 12.3. The topological polar surface area (TPSA) is 144 Å². The Morgan fingerprint density at radius 1 is 1.18 bits per heavy atom. The van der Waals surface area contributed by atoms with E-state index in [9.17, 15) is 24.5 Å². The minimum absolute atomic E-state index is 0.0818. The van der Waals surface area contributed by atoms with Crippen molar-refractivity contribution >= 4 is 40.7 Å². The molecular formula is C17H15N5O6. The van der Waals surface area contributed by atoms with Crippen LogP contribution in [-0.2, 0) is 14.4 Å². The van der Waals surface area contributed by atoms with Gasteiger partial charge in [-0.05, 0) is 40.2 Å². The smallest absolute Gasteiger partial charge is 0.366 e. The van der Waals surface area contributed by atoms with Gasteiger partial charge in [0, 0.05) is 24.4 Å². The van der Waals surface area contributed by atoms with Crippen LogP contribution in [0.25, 0.3) is 0 Å². The third-order valence-electron chi connectivity index (χ3n) is 3.71. The van der Waals surface area contributed by atoms with Crippen molar-refractivity contribution in [3.8, 4) is 5.75 Å². The van der Waals surface area contributed by atoms with E-state index >= 15 is 0 Å². The first-order chi connectivity index (χ1) is 13.3. The highest BCUT2D eigenvalue weighted by atomic mass is 16.6. The number of benzene rings is 1. The van der Waals surface area contributed by atoms with E-state index in [-0.39, 0.29) is 24.1 Å². The number of hydrogen-bond donors (Lipinski definition) is 2. The molecule has 0 atom stereocenters. The average Bonchev–Trinajstić information content (AvgIpc) is 2.65. The van der Waals surface area contributed by atoms with Crippen molar-refractivity contribution in [2.75, 3.05) is 28.7 Å². The first kappa shape index (κ1) is 18.8. The van der Waals surface area contributed by atoms with Gasteiger partial charge in [0.05, 0.1) is 0 Å². The molecule has 0 saturated carbocycles. The standard InChI is InChI=1S/C17H15N5O6/c1-10(23)18-11-2-4-12(5-3-11)19-15(24)8-21-16(25)9-28-13-6-7-14(22(26)27)20-17(13)21/h2-7H,8-9H2,1H3,(H,18,23)(H,19,24). The van der Waals surface area contributed by atoms with Gasteiger partial charge in [0.1, 0.15) is 6.54 Å².